The predicted molar refractivity (Wildman–Crippen MR) is 101 cm³/mol. The van der Waals surface area contributed by atoms with Gasteiger partial charge in [-0.2, -0.15) is 0 Å². The van der Waals surface area contributed by atoms with Gasteiger partial charge in [0.15, 0.2) is 0 Å². The van der Waals surface area contributed by atoms with E-state index in [0.29, 0.717) is 18.7 Å². The first kappa shape index (κ1) is 18.3. The fourth-order valence-electron chi connectivity index (χ4n) is 2.52. The van der Waals surface area contributed by atoms with Gasteiger partial charge in [0.25, 0.3) is 11.8 Å². The monoisotopic (exact) mass is 363 g/mol. The minimum atomic E-state index is -0.444. The molecule has 2 N–H and O–H groups in total. The zero-order chi connectivity index (χ0) is 19.1. The molecule has 27 heavy (non-hydrogen) atoms. The van der Waals surface area contributed by atoms with Gasteiger partial charge in [0, 0.05) is 24.0 Å². The summed E-state index contributed by atoms with van der Waals surface area (Å²) < 4.78 is 13.2. The molecule has 0 saturated heterocycles. The van der Waals surface area contributed by atoms with Gasteiger partial charge in [-0.3, -0.25) is 14.6 Å². The first-order chi connectivity index (χ1) is 13.1. The number of benzene rings is 2. The van der Waals surface area contributed by atoms with E-state index in [0.717, 1.165) is 5.56 Å². The quantitative estimate of drug-likeness (QED) is 0.705. The lowest BCUT2D eigenvalue weighted by molar-refractivity contribution is 0.0949. The van der Waals surface area contributed by atoms with Gasteiger partial charge < -0.3 is 10.6 Å². The molecule has 0 fully saturated rings. The van der Waals surface area contributed by atoms with E-state index in [1.807, 2.05) is 30.3 Å². The molecule has 136 valence electrons. The fraction of sp³-hybridized carbons (Fsp3) is 0.0952. The van der Waals surface area contributed by atoms with Crippen LogP contribution in [-0.2, 0) is 6.42 Å². The fourth-order valence-corrected chi connectivity index (χ4v) is 2.52. The van der Waals surface area contributed by atoms with Crippen LogP contribution in [0.2, 0.25) is 0 Å². The van der Waals surface area contributed by atoms with Crippen LogP contribution in [0.15, 0.2) is 72.9 Å². The lowest BCUT2D eigenvalue weighted by Gasteiger charge is -2.08. The maximum Gasteiger partial charge on any atom is 0.269 e. The number of aromatic nitrogens is 1. The molecule has 0 spiro atoms. The van der Waals surface area contributed by atoms with E-state index >= 15 is 0 Å². The number of rotatable bonds is 6. The highest BCUT2D eigenvalue weighted by atomic mass is 19.1. The van der Waals surface area contributed by atoms with E-state index in [9.17, 15) is 14.0 Å². The van der Waals surface area contributed by atoms with Gasteiger partial charge in [0.2, 0.25) is 0 Å². The molecule has 0 unspecified atom stereocenters. The van der Waals surface area contributed by atoms with Crippen molar-refractivity contribution in [3.8, 4) is 0 Å². The van der Waals surface area contributed by atoms with Crippen LogP contribution in [0.3, 0.4) is 0 Å². The second kappa shape index (κ2) is 8.71. The lowest BCUT2D eigenvalue weighted by atomic mass is 10.1. The molecule has 3 aromatic rings. The molecule has 0 aliphatic rings. The first-order valence-corrected chi connectivity index (χ1v) is 8.47. The normalized spacial score (nSPS) is 10.3. The molecule has 5 nitrogen and oxygen atoms in total. The van der Waals surface area contributed by atoms with Crippen molar-refractivity contribution in [2.24, 2.45) is 0 Å². The van der Waals surface area contributed by atoms with Gasteiger partial charge in [-0.15, -0.1) is 0 Å². The molecule has 0 bridgehead atoms. The first-order valence-electron chi connectivity index (χ1n) is 8.47. The van der Waals surface area contributed by atoms with Crippen LogP contribution in [-0.4, -0.2) is 23.3 Å². The van der Waals surface area contributed by atoms with Crippen LogP contribution in [0, 0.1) is 5.82 Å². The lowest BCUT2D eigenvalue weighted by Crippen LogP contribution is -2.27. The molecule has 2 aromatic carbocycles. The highest BCUT2D eigenvalue weighted by Crippen LogP contribution is 2.11. The number of hydrogen-bond acceptors (Lipinski definition) is 3. The molecular weight excluding hydrogens is 345 g/mol. The van der Waals surface area contributed by atoms with Crippen molar-refractivity contribution in [1.29, 1.82) is 0 Å². The third-order valence-electron chi connectivity index (χ3n) is 3.88. The summed E-state index contributed by atoms with van der Waals surface area (Å²) in [7, 11) is 0. The van der Waals surface area contributed by atoms with Gasteiger partial charge in [-0.05, 0) is 42.3 Å². The number of amides is 2. The topological polar surface area (TPSA) is 71.1 Å². The molecule has 1 aromatic heterocycles. The number of halogens is 1. The van der Waals surface area contributed by atoms with Gasteiger partial charge in [-0.1, -0.05) is 36.4 Å². The van der Waals surface area contributed by atoms with Crippen molar-refractivity contribution in [2.45, 2.75) is 6.42 Å². The van der Waals surface area contributed by atoms with Gasteiger partial charge in [0.05, 0.1) is 0 Å². The second-order valence-electron chi connectivity index (χ2n) is 5.89. The highest BCUT2D eigenvalue weighted by molar-refractivity contribution is 6.05. The Morgan fingerprint density at radius 3 is 2.52 bits per heavy atom. The summed E-state index contributed by atoms with van der Waals surface area (Å²) in [4.78, 5) is 28.6. The molecule has 3 rings (SSSR count). The minimum absolute atomic E-state index is 0.148. The number of carbonyl (C=O) groups is 2. The van der Waals surface area contributed by atoms with Crippen molar-refractivity contribution in [2.75, 3.05) is 11.9 Å². The summed E-state index contributed by atoms with van der Waals surface area (Å²) in [6.45, 7) is 0.463. The number of hydrogen-bond donors (Lipinski definition) is 2. The number of pyridine rings is 1. The molecule has 1 heterocycles. The van der Waals surface area contributed by atoms with Crippen LogP contribution in [0.4, 0.5) is 10.1 Å². The molecule has 0 atom stereocenters. The average Bonchev–Trinajstić information content (AvgIpc) is 2.69. The zero-order valence-electron chi connectivity index (χ0n) is 14.5. The van der Waals surface area contributed by atoms with Crippen LogP contribution in [0.1, 0.15) is 26.4 Å². The third-order valence-corrected chi connectivity index (χ3v) is 3.88. The second-order valence-corrected chi connectivity index (χ2v) is 5.89. The Bertz CT molecular complexity index is 945. The molecule has 0 radical (unpaired) electrons. The molecule has 6 heteroatoms. The smallest absolute Gasteiger partial charge is 0.269 e. The minimum Gasteiger partial charge on any atom is -0.350 e. The van der Waals surface area contributed by atoms with E-state index in [1.54, 1.807) is 6.07 Å². The average molecular weight is 363 g/mol. The number of nitrogens with one attached hydrogen (secondary N) is 2. The Hall–Kier alpha value is -3.54. The maximum atomic E-state index is 13.2. The number of nitrogens with zero attached hydrogens (tertiary/aromatic N) is 1. The van der Waals surface area contributed by atoms with Gasteiger partial charge in [-0.25, -0.2) is 4.39 Å². The summed E-state index contributed by atoms with van der Waals surface area (Å²) in [5.74, 6) is -1.24. The van der Waals surface area contributed by atoms with E-state index in [4.69, 9.17) is 0 Å². The number of anilines is 1. The van der Waals surface area contributed by atoms with E-state index in [2.05, 4.69) is 15.6 Å². The Morgan fingerprint density at radius 2 is 1.74 bits per heavy atom. The van der Waals surface area contributed by atoms with Crippen molar-refractivity contribution >= 4 is 17.5 Å². The maximum absolute atomic E-state index is 13.2. The van der Waals surface area contributed by atoms with Gasteiger partial charge >= 0.3 is 0 Å². The van der Waals surface area contributed by atoms with Crippen LogP contribution >= 0.6 is 0 Å². The molecule has 0 aliphatic carbocycles. The standard InChI is InChI=1S/C21H18FN3O2/c22-17-7-4-8-18(14-17)25-20(26)16-10-12-23-19(13-16)21(27)24-11-9-15-5-2-1-3-6-15/h1-8,10,12-14H,9,11H2,(H,24,27)(H,25,26). The zero-order valence-corrected chi connectivity index (χ0v) is 14.5. The Labute approximate surface area is 156 Å². The number of carbonyl (C=O) groups excluding carboxylic acids is 2. The van der Waals surface area contributed by atoms with E-state index in [1.165, 1.54) is 36.5 Å². The molecule has 0 aliphatic heterocycles. The summed E-state index contributed by atoms with van der Waals surface area (Å²) in [6, 6.07) is 18.3. The summed E-state index contributed by atoms with van der Waals surface area (Å²) in [6.07, 6.45) is 2.10. The highest BCUT2D eigenvalue weighted by Gasteiger charge is 2.12. The predicted octanol–water partition coefficient (Wildman–Crippen LogP) is 3.45. The Balaban J connectivity index is 1.60. The Kier molecular flexibility index (Phi) is 5.89. The molecule has 2 amide bonds. The van der Waals surface area contributed by atoms with Gasteiger partial charge in [0.1, 0.15) is 11.5 Å². The summed E-state index contributed by atoms with van der Waals surface area (Å²) in [5, 5.41) is 5.38. The SMILES string of the molecule is O=C(Nc1cccc(F)c1)c1ccnc(C(=O)NCCc2ccccc2)c1. The molecular formula is C21H18FN3O2. The van der Waals surface area contributed by atoms with Crippen molar-refractivity contribution < 1.29 is 14.0 Å². The third kappa shape index (κ3) is 5.22. The van der Waals surface area contributed by atoms with Crippen LogP contribution in [0.5, 0.6) is 0 Å². The summed E-state index contributed by atoms with van der Waals surface area (Å²) in [5.41, 5.74) is 1.87. The van der Waals surface area contributed by atoms with Crippen LogP contribution < -0.4 is 10.6 Å². The van der Waals surface area contributed by atoms with E-state index < -0.39 is 11.7 Å². The van der Waals surface area contributed by atoms with Crippen LogP contribution in [0.25, 0.3) is 0 Å². The largest absolute Gasteiger partial charge is 0.350 e. The summed E-state index contributed by atoms with van der Waals surface area (Å²) >= 11 is 0. The Morgan fingerprint density at radius 1 is 0.926 bits per heavy atom. The van der Waals surface area contributed by atoms with Crippen molar-refractivity contribution in [3.63, 3.8) is 0 Å². The van der Waals surface area contributed by atoms with Crippen molar-refractivity contribution in [1.82, 2.24) is 10.3 Å². The van der Waals surface area contributed by atoms with Crippen molar-refractivity contribution in [3.05, 3.63) is 95.6 Å². The molecule has 0 saturated carbocycles. The van der Waals surface area contributed by atoms with E-state index in [-0.39, 0.29) is 17.2 Å².